The van der Waals surface area contributed by atoms with Gasteiger partial charge in [-0.25, -0.2) is 18.4 Å². The Bertz CT molecular complexity index is 1420. The molecule has 10 nitrogen and oxygen atoms in total. The van der Waals surface area contributed by atoms with Crippen molar-refractivity contribution in [2.45, 2.75) is 6.54 Å². The SMILES string of the molecule is CNC(=O)c1ccc(Nc2cc3c(ccn3Cc3nccnc3N(C)S(C)(=O)=O)cn2)cc1. The van der Waals surface area contributed by atoms with E-state index in [1.54, 1.807) is 25.4 Å². The van der Waals surface area contributed by atoms with E-state index in [-0.39, 0.29) is 11.7 Å². The van der Waals surface area contributed by atoms with Gasteiger partial charge in [-0.3, -0.25) is 14.1 Å². The first-order chi connectivity index (χ1) is 15.8. The molecular weight excluding hydrogens is 442 g/mol. The molecule has 170 valence electrons. The molecular formula is C22H23N7O3S. The predicted octanol–water partition coefficient (Wildman–Crippen LogP) is 2.37. The Kier molecular flexibility index (Phi) is 5.97. The molecule has 2 N–H and O–H groups in total. The normalized spacial score (nSPS) is 11.4. The van der Waals surface area contributed by atoms with E-state index in [4.69, 9.17) is 0 Å². The van der Waals surface area contributed by atoms with Crippen LogP contribution in [0.4, 0.5) is 17.3 Å². The summed E-state index contributed by atoms with van der Waals surface area (Å²) in [5, 5.41) is 6.76. The van der Waals surface area contributed by atoms with E-state index in [1.807, 2.05) is 35.0 Å². The maximum Gasteiger partial charge on any atom is 0.251 e. The van der Waals surface area contributed by atoms with Gasteiger partial charge in [-0.05, 0) is 30.3 Å². The second-order valence-corrected chi connectivity index (χ2v) is 9.42. The third-order valence-electron chi connectivity index (χ3n) is 5.17. The first-order valence-corrected chi connectivity index (χ1v) is 11.9. The van der Waals surface area contributed by atoms with E-state index < -0.39 is 10.0 Å². The molecule has 0 bridgehead atoms. The molecule has 3 heterocycles. The average molecular weight is 466 g/mol. The van der Waals surface area contributed by atoms with Crippen LogP contribution in [0.25, 0.3) is 10.9 Å². The van der Waals surface area contributed by atoms with Gasteiger partial charge in [0.2, 0.25) is 10.0 Å². The van der Waals surface area contributed by atoms with Gasteiger partial charge in [-0.1, -0.05) is 0 Å². The molecule has 0 aliphatic heterocycles. The topological polar surface area (TPSA) is 122 Å². The molecule has 3 aromatic heterocycles. The van der Waals surface area contributed by atoms with Crippen molar-refractivity contribution in [3.05, 3.63) is 72.4 Å². The Morgan fingerprint density at radius 3 is 2.52 bits per heavy atom. The molecule has 4 rings (SSSR count). The molecule has 0 radical (unpaired) electrons. The van der Waals surface area contributed by atoms with Gasteiger partial charge in [0, 0.05) is 61.6 Å². The second kappa shape index (κ2) is 8.87. The lowest BCUT2D eigenvalue weighted by Gasteiger charge is -2.18. The van der Waals surface area contributed by atoms with Crippen LogP contribution in [0.3, 0.4) is 0 Å². The van der Waals surface area contributed by atoms with Crippen LogP contribution in [0.5, 0.6) is 0 Å². The lowest BCUT2D eigenvalue weighted by Crippen LogP contribution is -2.27. The Hall–Kier alpha value is -3.99. The van der Waals surface area contributed by atoms with E-state index in [0.717, 1.165) is 27.2 Å². The van der Waals surface area contributed by atoms with Crippen molar-refractivity contribution in [3.63, 3.8) is 0 Å². The monoisotopic (exact) mass is 465 g/mol. The number of benzene rings is 1. The van der Waals surface area contributed by atoms with Crippen molar-refractivity contribution in [1.82, 2.24) is 24.8 Å². The second-order valence-electron chi connectivity index (χ2n) is 7.41. The van der Waals surface area contributed by atoms with Gasteiger partial charge in [-0.15, -0.1) is 0 Å². The number of sulfonamides is 1. The number of aromatic nitrogens is 4. The van der Waals surface area contributed by atoms with Crippen LogP contribution in [0, 0.1) is 0 Å². The molecule has 33 heavy (non-hydrogen) atoms. The summed E-state index contributed by atoms with van der Waals surface area (Å²) in [6, 6.07) is 10.9. The minimum absolute atomic E-state index is 0.149. The number of carbonyl (C=O) groups excluding carboxylic acids is 1. The standard InChI is InChI=1S/C22H23N7O3S/c1-23-22(30)15-4-6-17(7-5-15)27-20-12-19-16(13-26-20)8-11-29(19)14-18-21(25-10-9-24-18)28(2)33(3,31)32/h4-13H,14H2,1-3H3,(H,23,30)(H,26,27). The van der Waals surface area contributed by atoms with Crippen molar-refractivity contribution in [2.75, 3.05) is 30.0 Å². The van der Waals surface area contributed by atoms with E-state index in [9.17, 15) is 13.2 Å². The number of pyridine rings is 1. The molecule has 0 aliphatic carbocycles. The fraction of sp³-hybridized carbons (Fsp3) is 0.182. The van der Waals surface area contributed by atoms with Gasteiger partial charge in [0.1, 0.15) is 11.5 Å². The summed E-state index contributed by atoms with van der Waals surface area (Å²) in [7, 11) is -0.429. The first kappa shape index (κ1) is 22.2. The zero-order valence-corrected chi connectivity index (χ0v) is 19.2. The Morgan fingerprint density at radius 2 is 1.82 bits per heavy atom. The highest BCUT2D eigenvalue weighted by Crippen LogP contribution is 2.24. The fourth-order valence-corrected chi connectivity index (χ4v) is 3.81. The van der Waals surface area contributed by atoms with Crippen molar-refractivity contribution >= 4 is 44.2 Å². The average Bonchev–Trinajstić information content (AvgIpc) is 3.20. The van der Waals surface area contributed by atoms with Crippen LogP contribution in [0.15, 0.2) is 61.2 Å². The van der Waals surface area contributed by atoms with Crippen LogP contribution < -0.4 is 14.9 Å². The highest BCUT2D eigenvalue weighted by atomic mass is 32.2. The molecule has 0 atom stereocenters. The molecule has 4 aromatic rings. The minimum atomic E-state index is -3.47. The van der Waals surface area contributed by atoms with Crippen LogP contribution >= 0.6 is 0 Å². The highest BCUT2D eigenvalue weighted by molar-refractivity contribution is 7.92. The lowest BCUT2D eigenvalue weighted by molar-refractivity contribution is 0.0963. The van der Waals surface area contributed by atoms with Crippen molar-refractivity contribution < 1.29 is 13.2 Å². The zero-order valence-electron chi connectivity index (χ0n) is 18.3. The largest absolute Gasteiger partial charge is 0.355 e. The maximum atomic E-state index is 12.0. The number of carbonyl (C=O) groups is 1. The summed E-state index contributed by atoms with van der Waals surface area (Å²) in [6.07, 6.45) is 7.79. The molecule has 0 saturated carbocycles. The van der Waals surface area contributed by atoms with E-state index in [2.05, 4.69) is 25.6 Å². The molecule has 1 aromatic carbocycles. The molecule has 11 heteroatoms. The number of hydrogen-bond donors (Lipinski definition) is 2. The third-order valence-corrected chi connectivity index (χ3v) is 6.34. The lowest BCUT2D eigenvalue weighted by atomic mass is 10.2. The summed E-state index contributed by atoms with van der Waals surface area (Å²) in [4.78, 5) is 24.8. The molecule has 0 unspecified atom stereocenters. The number of nitrogens with zero attached hydrogens (tertiary/aromatic N) is 5. The van der Waals surface area contributed by atoms with Gasteiger partial charge in [0.15, 0.2) is 5.82 Å². The van der Waals surface area contributed by atoms with Gasteiger partial charge >= 0.3 is 0 Å². The van der Waals surface area contributed by atoms with Gasteiger partial charge < -0.3 is 15.2 Å². The number of anilines is 3. The quantitative estimate of drug-likeness (QED) is 0.430. The van der Waals surface area contributed by atoms with E-state index in [0.29, 0.717) is 23.6 Å². The minimum Gasteiger partial charge on any atom is -0.355 e. The summed E-state index contributed by atoms with van der Waals surface area (Å²) in [6.45, 7) is 0.330. The van der Waals surface area contributed by atoms with Gasteiger partial charge in [0.05, 0.1) is 18.3 Å². The predicted molar refractivity (Wildman–Crippen MR) is 127 cm³/mol. The van der Waals surface area contributed by atoms with E-state index >= 15 is 0 Å². The maximum absolute atomic E-state index is 12.0. The Morgan fingerprint density at radius 1 is 1.09 bits per heavy atom. The van der Waals surface area contributed by atoms with Crippen LogP contribution in [-0.2, 0) is 16.6 Å². The number of nitrogens with one attached hydrogen (secondary N) is 2. The van der Waals surface area contributed by atoms with Crippen LogP contribution in [-0.4, -0.2) is 54.2 Å². The summed E-state index contributed by atoms with van der Waals surface area (Å²) in [5.41, 5.74) is 2.78. The van der Waals surface area contributed by atoms with Gasteiger partial charge in [-0.2, -0.15) is 0 Å². The van der Waals surface area contributed by atoms with Crippen molar-refractivity contribution in [1.29, 1.82) is 0 Å². The summed E-state index contributed by atoms with van der Waals surface area (Å²) < 4.78 is 27.1. The third kappa shape index (κ3) is 4.77. The molecule has 0 saturated heterocycles. The molecule has 0 fully saturated rings. The van der Waals surface area contributed by atoms with Gasteiger partial charge in [0.25, 0.3) is 5.91 Å². The zero-order chi connectivity index (χ0) is 23.6. The number of rotatable bonds is 7. The first-order valence-electron chi connectivity index (χ1n) is 10.0. The Balaban J connectivity index is 1.62. The van der Waals surface area contributed by atoms with Crippen molar-refractivity contribution in [3.8, 4) is 0 Å². The molecule has 1 amide bonds. The molecule has 0 aliphatic rings. The number of hydrogen-bond acceptors (Lipinski definition) is 7. The smallest absolute Gasteiger partial charge is 0.251 e. The van der Waals surface area contributed by atoms with Crippen LogP contribution in [0.1, 0.15) is 16.1 Å². The number of amides is 1. The summed E-state index contributed by atoms with van der Waals surface area (Å²) in [5.74, 6) is 0.761. The summed E-state index contributed by atoms with van der Waals surface area (Å²) >= 11 is 0. The Labute approximate surface area is 191 Å². The highest BCUT2D eigenvalue weighted by Gasteiger charge is 2.18. The van der Waals surface area contributed by atoms with E-state index in [1.165, 1.54) is 19.4 Å². The molecule has 0 spiro atoms. The number of fused-ring (bicyclic) bond motifs is 1. The van der Waals surface area contributed by atoms with Crippen molar-refractivity contribution in [2.24, 2.45) is 0 Å². The van der Waals surface area contributed by atoms with Crippen LogP contribution in [0.2, 0.25) is 0 Å². The fourth-order valence-electron chi connectivity index (χ4n) is 3.34.